The average Bonchev–Trinajstić information content (AvgIpc) is 3.10. The molecule has 1 heterocycles. The molecule has 30 heavy (non-hydrogen) atoms. The van der Waals surface area contributed by atoms with Crippen molar-refractivity contribution in [1.82, 2.24) is 0 Å². The second kappa shape index (κ2) is 7.30. The van der Waals surface area contributed by atoms with E-state index in [-0.39, 0.29) is 5.78 Å². The average molecular weight is 403 g/mol. The Bertz CT molecular complexity index is 1320. The van der Waals surface area contributed by atoms with E-state index in [2.05, 4.69) is 36.4 Å². The molecule has 1 aliphatic rings. The van der Waals surface area contributed by atoms with Crippen LogP contribution in [0.25, 0.3) is 0 Å². The highest BCUT2D eigenvalue weighted by Gasteiger charge is 2.41. The Labute approximate surface area is 176 Å². The Morgan fingerprint density at radius 1 is 0.667 bits per heavy atom. The first-order valence-electron chi connectivity index (χ1n) is 9.79. The van der Waals surface area contributed by atoms with Gasteiger partial charge in [-0.3, -0.25) is 4.79 Å². The minimum absolute atomic E-state index is 0.0572. The Hall–Kier alpha value is -3.66. The topological polar surface area (TPSA) is 40.9 Å². The van der Waals surface area contributed by atoms with Gasteiger partial charge in [-0.15, -0.1) is 0 Å². The molecule has 5 rings (SSSR count). The number of nitrogens with zero attached hydrogens (tertiary/aromatic N) is 1. The molecule has 3 heteroatoms. The normalized spacial score (nSPS) is 14.2. The highest BCUT2D eigenvalue weighted by molar-refractivity contribution is 7.98. The third-order valence-corrected chi connectivity index (χ3v) is 10.0. The molecule has 0 aliphatic carbocycles. The van der Waals surface area contributed by atoms with Gasteiger partial charge in [0.2, 0.25) is 0 Å². The monoisotopic (exact) mass is 403 g/mol. The number of hydrogen-bond donors (Lipinski definition) is 0. The number of nitriles is 1. The Morgan fingerprint density at radius 3 is 1.90 bits per heavy atom. The number of carbonyl (C=O) groups is 1. The van der Waals surface area contributed by atoms with E-state index in [0.29, 0.717) is 5.56 Å². The molecule has 4 aromatic rings. The Balaban J connectivity index is 2.04. The molecule has 1 aliphatic heterocycles. The van der Waals surface area contributed by atoms with Crippen LogP contribution >= 0.6 is 6.89 Å². The molecule has 0 unspecified atom stereocenters. The molecule has 0 spiro atoms. The molecule has 4 aromatic carbocycles. The van der Waals surface area contributed by atoms with Gasteiger partial charge in [-0.1, -0.05) is 97.1 Å². The van der Waals surface area contributed by atoms with Crippen LogP contribution in [-0.2, 0) is 0 Å². The van der Waals surface area contributed by atoms with Crippen LogP contribution in [0, 0.1) is 11.3 Å². The van der Waals surface area contributed by atoms with E-state index in [1.165, 1.54) is 0 Å². The first-order valence-corrected chi connectivity index (χ1v) is 11.6. The molecule has 0 N–H and O–H groups in total. The predicted molar refractivity (Wildman–Crippen MR) is 125 cm³/mol. The zero-order valence-corrected chi connectivity index (χ0v) is 17.1. The SMILES string of the molecule is N#Cc1cccc(C2=P(c3ccccc3)(c3ccccc3)c3ccccc3C2=O)c1. The van der Waals surface area contributed by atoms with Crippen LogP contribution in [0.5, 0.6) is 0 Å². The molecule has 0 bridgehead atoms. The number of carbonyl (C=O) groups excluding carboxylic acids is 1. The summed E-state index contributed by atoms with van der Waals surface area (Å²) in [7, 11) is 0. The molecule has 0 saturated heterocycles. The summed E-state index contributed by atoms with van der Waals surface area (Å²) < 4.78 is 0. The zero-order chi connectivity index (χ0) is 20.6. The maximum absolute atomic E-state index is 13.9. The summed E-state index contributed by atoms with van der Waals surface area (Å²) in [6.45, 7) is -2.40. The number of ketones is 1. The van der Waals surface area contributed by atoms with Crippen molar-refractivity contribution in [2.75, 3.05) is 0 Å². The number of fused-ring (bicyclic) bond motifs is 1. The van der Waals surface area contributed by atoms with E-state index >= 15 is 0 Å². The van der Waals surface area contributed by atoms with E-state index in [9.17, 15) is 10.1 Å². The van der Waals surface area contributed by atoms with E-state index < -0.39 is 6.89 Å². The van der Waals surface area contributed by atoms with Crippen LogP contribution in [-0.4, -0.2) is 11.1 Å². The second-order valence-corrected chi connectivity index (χ2v) is 10.5. The summed E-state index contributed by atoms with van der Waals surface area (Å²) in [4.78, 5) is 13.9. The van der Waals surface area contributed by atoms with E-state index in [1.54, 1.807) is 6.07 Å². The van der Waals surface area contributed by atoms with Gasteiger partial charge in [0.05, 0.1) is 11.6 Å². The Kier molecular flexibility index (Phi) is 4.47. The van der Waals surface area contributed by atoms with Gasteiger partial charge in [0.15, 0.2) is 5.78 Å². The van der Waals surface area contributed by atoms with Gasteiger partial charge in [0, 0.05) is 10.9 Å². The summed E-state index contributed by atoms with van der Waals surface area (Å²) in [5, 5.41) is 13.7. The molecule has 0 fully saturated rings. The largest absolute Gasteiger partial charge is 0.288 e. The summed E-state index contributed by atoms with van der Waals surface area (Å²) in [6.07, 6.45) is 0. The standard InChI is InChI=1S/C27H18NOP/c28-19-20-10-9-11-21(18-20)27-26(29)24-16-7-8-17-25(24)30(27,22-12-3-1-4-13-22)23-14-5-2-6-15-23/h1-18H. The van der Waals surface area contributed by atoms with E-state index in [1.807, 2.05) is 72.8 Å². The van der Waals surface area contributed by atoms with Crippen LogP contribution in [0.4, 0.5) is 0 Å². The molecule has 2 nitrogen and oxygen atoms in total. The van der Waals surface area contributed by atoms with Crippen molar-refractivity contribution in [1.29, 1.82) is 5.26 Å². The third kappa shape index (κ3) is 2.61. The number of rotatable bonds is 3. The summed E-state index contributed by atoms with van der Waals surface area (Å²) in [5.41, 5.74) is 2.15. The summed E-state index contributed by atoms with van der Waals surface area (Å²) in [5.74, 6) is 0.0572. The fourth-order valence-corrected chi connectivity index (χ4v) is 9.06. The fraction of sp³-hybridized carbons (Fsp3) is 0. The lowest BCUT2D eigenvalue weighted by atomic mass is 10.0. The van der Waals surface area contributed by atoms with E-state index in [0.717, 1.165) is 32.3 Å². The lowest BCUT2D eigenvalue weighted by molar-refractivity contribution is 0.107. The van der Waals surface area contributed by atoms with Crippen molar-refractivity contribution in [3.05, 3.63) is 126 Å². The summed E-state index contributed by atoms with van der Waals surface area (Å²) in [6, 6.07) is 38.3. The van der Waals surface area contributed by atoms with Crippen LogP contribution in [0.1, 0.15) is 21.5 Å². The van der Waals surface area contributed by atoms with Crippen LogP contribution in [0.15, 0.2) is 109 Å². The van der Waals surface area contributed by atoms with Crippen LogP contribution in [0.2, 0.25) is 0 Å². The van der Waals surface area contributed by atoms with Crippen LogP contribution in [0.3, 0.4) is 0 Å². The van der Waals surface area contributed by atoms with Gasteiger partial charge in [-0.2, -0.15) is 5.26 Å². The lowest BCUT2D eigenvalue weighted by Crippen LogP contribution is -2.28. The first kappa shape index (κ1) is 18.4. The number of Topliss-reactive ketones (excluding diaryl/α,β-unsaturated/α-hetero) is 1. The van der Waals surface area contributed by atoms with Crippen molar-refractivity contribution < 1.29 is 4.79 Å². The number of benzene rings is 4. The smallest absolute Gasteiger partial charge is 0.195 e. The maximum Gasteiger partial charge on any atom is 0.195 e. The molecule has 142 valence electrons. The third-order valence-electron chi connectivity index (χ3n) is 5.61. The minimum Gasteiger partial charge on any atom is -0.288 e. The highest BCUT2D eigenvalue weighted by atomic mass is 31.2. The predicted octanol–water partition coefficient (Wildman–Crippen LogP) is 4.27. The fourth-order valence-electron chi connectivity index (χ4n) is 4.41. The van der Waals surface area contributed by atoms with Gasteiger partial charge >= 0.3 is 0 Å². The highest BCUT2D eigenvalue weighted by Crippen LogP contribution is 2.52. The molecule has 0 radical (unpaired) electrons. The van der Waals surface area contributed by atoms with Crippen LogP contribution < -0.4 is 15.9 Å². The molecular formula is C27H18NOP. The lowest BCUT2D eigenvalue weighted by Gasteiger charge is -2.28. The number of hydrogen-bond acceptors (Lipinski definition) is 2. The van der Waals surface area contributed by atoms with Gasteiger partial charge in [0.25, 0.3) is 0 Å². The molecule has 0 amide bonds. The minimum atomic E-state index is -2.40. The molecule has 0 aromatic heterocycles. The summed E-state index contributed by atoms with van der Waals surface area (Å²) >= 11 is 0. The molecule has 0 atom stereocenters. The zero-order valence-electron chi connectivity index (χ0n) is 16.2. The van der Waals surface area contributed by atoms with Crippen molar-refractivity contribution in [3.8, 4) is 6.07 Å². The quantitative estimate of drug-likeness (QED) is 0.480. The molecular weight excluding hydrogens is 385 g/mol. The Morgan fingerprint density at radius 2 is 1.27 bits per heavy atom. The van der Waals surface area contributed by atoms with Gasteiger partial charge in [0.1, 0.15) is 0 Å². The first-order chi connectivity index (χ1) is 14.8. The van der Waals surface area contributed by atoms with E-state index in [4.69, 9.17) is 0 Å². The van der Waals surface area contributed by atoms with Crippen molar-refractivity contribution in [3.63, 3.8) is 0 Å². The second-order valence-electron chi connectivity index (χ2n) is 7.23. The van der Waals surface area contributed by atoms with Crippen molar-refractivity contribution >= 4 is 33.9 Å². The van der Waals surface area contributed by atoms with Gasteiger partial charge in [-0.05, 0) is 40.5 Å². The maximum atomic E-state index is 13.9. The van der Waals surface area contributed by atoms with Crippen molar-refractivity contribution in [2.24, 2.45) is 0 Å². The molecule has 0 saturated carbocycles. The van der Waals surface area contributed by atoms with Gasteiger partial charge in [-0.25, -0.2) is 0 Å². The van der Waals surface area contributed by atoms with Crippen molar-refractivity contribution in [2.45, 2.75) is 0 Å². The van der Waals surface area contributed by atoms with Gasteiger partial charge < -0.3 is 0 Å².